The zero-order valence-corrected chi connectivity index (χ0v) is 19.0. The van der Waals surface area contributed by atoms with Crippen LogP contribution in [-0.2, 0) is 11.3 Å². The Labute approximate surface area is 196 Å². The Hall–Kier alpha value is -3.27. The summed E-state index contributed by atoms with van der Waals surface area (Å²) >= 11 is 0. The van der Waals surface area contributed by atoms with E-state index in [1.165, 1.54) is 12.1 Å². The van der Waals surface area contributed by atoms with E-state index in [4.69, 9.17) is 4.74 Å². The molecule has 1 aliphatic rings. The van der Waals surface area contributed by atoms with Crippen LogP contribution in [0.15, 0.2) is 54.6 Å². The van der Waals surface area contributed by atoms with Gasteiger partial charge < -0.3 is 20.3 Å². The molecule has 3 rings (SSSR count). The molecule has 10 heteroatoms. The van der Waals surface area contributed by atoms with Gasteiger partial charge in [0, 0.05) is 32.7 Å². The highest BCUT2D eigenvalue weighted by atomic mass is 19.4. The monoisotopic (exact) mass is 478 g/mol. The van der Waals surface area contributed by atoms with Crippen LogP contribution in [0.4, 0.5) is 18.0 Å². The summed E-state index contributed by atoms with van der Waals surface area (Å²) in [5, 5.41) is 5.81. The second-order valence-electron chi connectivity index (χ2n) is 8.17. The van der Waals surface area contributed by atoms with Crippen LogP contribution in [0.25, 0.3) is 0 Å². The number of urea groups is 1. The molecule has 7 nitrogen and oxygen atoms in total. The first-order chi connectivity index (χ1) is 16.2. The van der Waals surface area contributed by atoms with Gasteiger partial charge in [-0.05, 0) is 30.2 Å². The first-order valence-electron chi connectivity index (χ1n) is 11.1. The number of hydrogen-bond donors (Lipinski definition) is 2. The first-order valence-corrected chi connectivity index (χ1v) is 11.1. The molecular weight excluding hydrogens is 449 g/mol. The lowest BCUT2D eigenvalue weighted by molar-refractivity contribution is -0.153. The molecule has 2 N–H and O–H groups in total. The molecule has 1 aliphatic heterocycles. The summed E-state index contributed by atoms with van der Waals surface area (Å²) in [6, 6.07) is 15.3. The van der Waals surface area contributed by atoms with Crippen molar-refractivity contribution >= 4 is 11.9 Å². The highest BCUT2D eigenvalue weighted by Gasteiger charge is 2.28. The van der Waals surface area contributed by atoms with E-state index in [9.17, 15) is 22.8 Å². The van der Waals surface area contributed by atoms with E-state index >= 15 is 0 Å². The summed E-state index contributed by atoms with van der Waals surface area (Å²) in [4.78, 5) is 28.5. The lowest BCUT2D eigenvalue weighted by atomic mass is 10.1. The second kappa shape index (κ2) is 11.7. The van der Waals surface area contributed by atoms with Crippen LogP contribution >= 0.6 is 0 Å². The smallest absolute Gasteiger partial charge is 0.422 e. The van der Waals surface area contributed by atoms with Gasteiger partial charge in [0.2, 0.25) is 5.91 Å². The van der Waals surface area contributed by atoms with Crippen molar-refractivity contribution in [1.82, 2.24) is 20.4 Å². The van der Waals surface area contributed by atoms with Crippen molar-refractivity contribution in [3.05, 3.63) is 65.7 Å². The summed E-state index contributed by atoms with van der Waals surface area (Å²) in [7, 11) is 0. The molecule has 2 aromatic rings. The van der Waals surface area contributed by atoms with Crippen molar-refractivity contribution in [2.24, 2.45) is 0 Å². The van der Waals surface area contributed by atoms with Gasteiger partial charge in [-0.2, -0.15) is 13.2 Å². The summed E-state index contributed by atoms with van der Waals surface area (Å²) in [5.41, 5.74) is 1.79. The van der Waals surface area contributed by atoms with Gasteiger partial charge in [-0.15, -0.1) is 0 Å². The van der Waals surface area contributed by atoms with Gasteiger partial charge in [0.05, 0.1) is 12.6 Å². The van der Waals surface area contributed by atoms with Gasteiger partial charge in [-0.1, -0.05) is 42.5 Å². The lowest BCUT2D eigenvalue weighted by Gasteiger charge is -2.35. The maximum Gasteiger partial charge on any atom is 0.422 e. The fraction of sp³-hybridized carbons (Fsp3) is 0.417. The van der Waals surface area contributed by atoms with Gasteiger partial charge in [0.25, 0.3) is 0 Å². The van der Waals surface area contributed by atoms with Crippen LogP contribution in [-0.4, -0.2) is 67.2 Å². The van der Waals surface area contributed by atoms with Crippen molar-refractivity contribution < 1.29 is 27.5 Å². The van der Waals surface area contributed by atoms with Gasteiger partial charge in [0.1, 0.15) is 5.75 Å². The van der Waals surface area contributed by atoms with Crippen molar-refractivity contribution in [3.8, 4) is 5.75 Å². The fourth-order valence-electron chi connectivity index (χ4n) is 3.54. The molecule has 0 spiro atoms. The van der Waals surface area contributed by atoms with Crippen LogP contribution in [0.3, 0.4) is 0 Å². The number of nitrogens with one attached hydrogen (secondary N) is 2. The van der Waals surface area contributed by atoms with Crippen LogP contribution in [0.2, 0.25) is 0 Å². The van der Waals surface area contributed by atoms with Crippen LogP contribution in [0.1, 0.15) is 24.1 Å². The highest BCUT2D eigenvalue weighted by molar-refractivity contribution is 5.78. The Morgan fingerprint density at radius 1 is 1.00 bits per heavy atom. The van der Waals surface area contributed by atoms with Crippen LogP contribution in [0, 0.1) is 0 Å². The van der Waals surface area contributed by atoms with Crippen molar-refractivity contribution in [1.29, 1.82) is 0 Å². The van der Waals surface area contributed by atoms with E-state index in [0.717, 1.165) is 11.1 Å². The topological polar surface area (TPSA) is 73.9 Å². The van der Waals surface area contributed by atoms with Crippen molar-refractivity contribution in [2.75, 3.05) is 39.3 Å². The Kier molecular flexibility index (Phi) is 8.75. The summed E-state index contributed by atoms with van der Waals surface area (Å²) in [6.07, 6.45) is -4.39. The second-order valence-corrected chi connectivity index (χ2v) is 8.17. The van der Waals surface area contributed by atoms with Gasteiger partial charge in [-0.3, -0.25) is 9.69 Å². The third-order valence-electron chi connectivity index (χ3n) is 5.48. The number of carbonyl (C=O) groups is 2. The predicted octanol–water partition coefficient (Wildman–Crippen LogP) is 3.33. The average Bonchev–Trinajstić information content (AvgIpc) is 2.82. The van der Waals surface area contributed by atoms with Gasteiger partial charge in [-0.25, -0.2) is 4.79 Å². The summed E-state index contributed by atoms with van der Waals surface area (Å²) in [6.45, 7) is 3.38. The van der Waals surface area contributed by atoms with E-state index < -0.39 is 12.8 Å². The van der Waals surface area contributed by atoms with Crippen molar-refractivity contribution in [3.63, 3.8) is 0 Å². The maximum absolute atomic E-state index is 12.6. The number of benzene rings is 2. The number of ether oxygens (including phenoxy) is 1. The number of amides is 3. The molecule has 34 heavy (non-hydrogen) atoms. The molecule has 3 amide bonds. The molecule has 1 saturated heterocycles. The third kappa shape index (κ3) is 8.26. The Balaban J connectivity index is 1.38. The number of nitrogens with zero attached hydrogens (tertiary/aromatic N) is 2. The number of rotatable bonds is 8. The molecule has 0 bridgehead atoms. The first kappa shape index (κ1) is 25.4. The predicted molar refractivity (Wildman–Crippen MR) is 121 cm³/mol. The lowest BCUT2D eigenvalue weighted by Crippen LogP contribution is -2.53. The molecule has 0 radical (unpaired) electrons. The standard InChI is InChI=1S/C24H29F3N4O3/c1-18(20-7-9-21(10-8-20)34-17-24(25,26)27)29-23(33)31-13-11-30(12-14-31)16-22(32)28-15-19-5-3-2-4-6-19/h2-10,18H,11-17H2,1H3,(H,28,32)(H,29,33). The molecule has 1 heterocycles. The van der Waals surface area contributed by atoms with E-state index in [2.05, 4.69) is 10.6 Å². The number of carbonyl (C=O) groups excluding carboxylic acids is 2. The summed E-state index contributed by atoms with van der Waals surface area (Å²) in [5.74, 6) is 0.0570. The van der Waals surface area contributed by atoms with Crippen LogP contribution in [0.5, 0.6) is 5.75 Å². The Morgan fingerprint density at radius 3 is 2.26 bits per heavy atom. The quantitative estimate of drug-likeness (QED) is 0.611. The molecule has 1 unspecified atom stereocenters. The molecule has 1 atom stereocenters. The fourth-order valence-corrected chi connectivity index (χ4v) is 3.54. The van der Waals surface area contributed by atoms with E-state index in [1.54, 1.807) is 24.0 Å². The largest absolute Gasteiger partial charge is 0.484 e. The maximum atomic E-state index is 12.6. The molecule has 0 aliphatic carbocycles. The zero-order chi connectivity index (χ0) is 24.6. The number of hydrogen-bond acceptors (Lipinski definition) is 4. The minimum atomic E-state index is -4.39. The number of alkyl halides is 3. The van der Waals surface area contributed by atoms with Gasteiger partial charge >= 0.3 is 12.2 Å². The zero-order valence-electron chi connectivity index (χ0n) is 19.0. The Morgan fingerprint density at radius 2 is 1.65 bits per heavy atom. The molecule has 184 valence electrons. The SMILES string of the molecule is CC(NC(=O)N1CCN(CC(=O)NCc2ccccc2)CC1)c1ccc(OCC(F)(F)F)cc1. The average molecular weight is 479 g/mol. The van der Waals surface area contributed by atoms with E-state index in [-0.39, 0.29) is 30.3 Å². The minimum absolute atomic E-state index is 0.0574. The Bertz CT molecular complexity index is 931. The summed E-state index contributed by atoms with van der Waals surface area (Å²) < 4.78 is 41.5. The van der Waals surface area contributed by atoms with Crippen molar-refractivity contribution in [2.45, 2.75) is 25.7 Å². The number of piperazine rings is 1. The molecule has 1 fully saturated rings. The van der Waals surface area contributed by atoms with Crippen LogP contribution < -0.4 is 15.4 Å². The minimum Gasteiger partial charge on any atom is -0.484 e. The third-order valence-corrected chi connectivity index (χ3v) is 5.48. The molecule has 0 aromatic heterocycles. The van der Waals surface area contributed by atoms with E-state index in [0.29, 0.717) is 32.7 Å². The molecular formula is C24H29F3N4O3. The van der Waals surface area contributed by atoms with E-state index in [1.807, 2.05) is 35.2 Å². The molecule has 0 saturated carbocycles. The highest BCUT2D eigenvalue weighted by Crippen LogP contribution is 2.21. The normalized spacial score (nSPS) is 15.5. The van der Waals surface area contributed by atoms with Gasteiger partial charge in [0.15, 0.2) is 6.61 Å². The molecule has 2 aromatic carbocycles. The number of halogens is 3.